The van der Waals surface area contributed by atoms with E-state index in [2.05, 4.69) is 0 Å². The van der Waals surface area contributed by atoms with Gasteiger partial charge in [0.2, 0.25) is 0 Å². The predicted octanol–water partition coefficient (Wildman–Crippen LogP) is -0.234. The molecule has 31 valence electrons. The van der Waals surface area contributed by atoms with Gasteiger partial charge in [0.1, 0.15) is 0 Å². The third-order valence-corrected chi connectivity index (χ3v) is 0. The van der Waals surface area contributed by atoms with Crippen LogP contribution in [0.1, 0.15) is 0 Å². The van der Waals surface area contributed by atoms with Gasteiger partial charge in [-0.1, -0.05) is 0 Å². The van der Waals surface area contributed by atoms with Crippen molar-refractivity contribution in [3.63, 3.8) is 0 Å². The second kappa shape index (κ2) is 4.49. The fourth-order valence-corrected chi connectivity index (χ4v) is 0. The van der Waals surface area contributed by atoms with Crippen molar-refractivity contribution >= 4 is 11.0 Å². The maximum atomic E-state index is 8.56. The molecule has 0 aromatic carbocycles. The van der Waals surface area contributed by atoms with E-state index < -0.39 is 11.0 Å². The molecule has 0 amide bonds. The minimum absolute atomic E-state index is 0. The van der Waals surface area contributed by atoms with Gasteiger partial charge >= 0.3 is 0 Å². The first kappa shape index (κ1) is 9.09. The van der Waals surface area contributed by atoms with Crippen LogP contribution in [0.25, 0.3) is 0 Å². The average molecular weight is 132 g/mol. The van der Waals surface area contributed by atoms with Crippen molar-refractivity contribution in [3.8, 4) is 0 Å². The van der Waals surface area contributed by atoms with Gasteiger partial charge in [0, 0.05) is 29.5 Å². The summed E-state index contributed by atoms with van der Waals surface area (Å²) in [5, 5.41) is 0. The smallest absolute Gasteiger partial charge is 0.0495 e. The van der Waals surface area contributed by atoms with Crippen LogP contribution in [0.15, 0.2) is 0 Å². The molecule has 0 aliphatic heterocycles. The molecule has 1 N–H and O–H groups in total. The molecule has 5 heavy (non-hydrogen) atoms. The van der Waals surface area contributed by atoms with Gasteiger partial charge in [-0.2, -0.15) is 0 Å². The monoisotopic (exact) mass is 132 g/mol. The van der Waals surface area contributed by atoms with E-state index in [1.165, 1.54) is 0 Å². The molecule has 0 saturated carbocycles. The molecule has 0 aromatic heterocycles. The summed E-state index contributed by atoms with van der Waals surface area (Å²) in [7, 11) is -2.86. The van der Waals surface area contributed by atoms with Crippen molar-refractivity contribution < 1.29 is 31.5 Å². The molecule has 0 saturated heterocycles. The molecule has 0 aliphatic carbocycles. The first-order chi connectivity index (χ1) is 1.73. The predicted molar refractivity (Wildman–Crippen MR) is 11.4 cm³/mol. The van der Waals surface area contributed by atoms with Crippen LogP contribution in [-0.2, 0) is 38.0 Å². The summed E-state index contributed by atoms with van der Waals surface area (Å²) >= 11 is 0. The van der Waals surface area contributed by atoms with Crippen molar-refractivity contribution in [1.82, 2.24) is 0 Å². The molecule has 0 aromatic rings. The summed E-state index contributed by atoms with van der Waals surface area (Å²) in [6.45, 7) is 0. The van der Waals surface area contributed by atoms with E-state index in [1.54, 1.807) is 0 Å². The summed E-state index contributed by atoms with van der Waals surface area (Å²) in [5.41, 5.74) is 0. The number of hydrogen-bond acceptors (Lipinski definition) is 3. The third kappa shape index (κ3) is 114. The van der Waals surface area contributed by atoms with Gasteiger partial charge in [-0.15, -0.1) is 0 Å². The molecule has 5 heteroatoms. The van der Waals surface area contributed by atoms with E-state index in [4.69, 9.17) is 13.0 Å². The van der Waals surface area contributed by atoms with Gasteiger partial charge < -0.3 is 13.0 Å². The van der Waals surface area contributed by atoms with Crippen LogP contribution in [-0.4, -0.2) is 4.55 Å². The zero-order chi connectivity index (χ0) is 3.58. The van der Waals surface area contributed by atoms with Crippen molar-refractivity contribution in [3.05, 3.63) is 0 Å². The molecule has 0 bridgehead atoms. The van der Waals surface area contributed by atoms with Gasteiger partial charge in [0.25, 0.3) is 0 Å². The minimum atomic E-state index is -2.86. The first-order valence-corrected chi connectivity index (χ1v) is 1.55. The average Bonchev–Trinajstić information content (AvgIpc) is 0.811. The Labute approximate surface area is 43.0 Å². The number of rotatable bonds is 0. The Morgan fingerprint density at radius 1 is 1.40 bits per heavy atom. The summed E-state index contributed by atoms with van der Waals surface area (Å²) < 4.78 is 24.1. The Balaban J connectivity index is 0. The van der Waals surface area contributed by atoms with Gasteiger partial charge in [-0.05, 0) is 0 Å². The maximum absolute atomic E-state index is 8.56. The first-order valence-electron chi connectivity index (χ1n) is 0.516. The van der Waals surface area contributed by atoms with Crippen LogP contribution in [0.5, 0.6) is 0 Å². The van der Waals surface area contributed by atoms with E-state index in [0.29, 0.717) is 0 Å². The summed E-state index contributed by atoms with van der Waals surface area (Å²) in [6, 6.07) is 0. The van der Waals surface area contributed by atoms with E-state index in [9.17, 15) is 0 Å². The van der Waals surface area contributed by atoms with E-state index in [-0.39, 0.29) is 18.6 Å². The van der Waals surface area contributed by atoms with Gasteiger partial charge in [0.15, 0.2) is 0 Å². The van der Waals surface area contributed by atoms with Crippen LogP contribution < -0.4 is 0 Å². The van der Waals surface area contributed by atoms with Crippen molar-refractivity contribution in [1.29, 1.82) is 0 Å². The largest absolute Gasteiger partial charge is 0.439 e. The molecule has 0 atom stereocenters. The zero-order valence-electron chi connectivity index (χ0n) is 2.12. The Morgan fingerprint density at radius 3 is 1.40 bits per heavy atom. The zero-order valence-corrected chi connectivity index (χ0v) is 4.33. The molecule has 3 nitrogen and oxygen atoms in total. The van der Waals surface area contributed by atoms with Crippen LogP contribution in [0.3, 0.4) is 0 Å². The fourth-order valence-electron chi connectivity index (χ4n) is 0. The molecule has 0 heterocycles. The van der Waals surface area contributed by atoms with Crippen LogP contribution >= 0.6 is 0 Å². The Hall–Kier alpha value is 0.494. The topological polar surface area (TPSA) is 54.4 Å². The van der Waals surface area contributed by atoms with E-state index in [0.717, 1.165) is 0 Å². The summed E-state index contributed by atoms with van der Waals surface area (Å²) in [5.74, 6) is 0. The molecule has 0 aliphatic rings. The fraction of sp³-hybridized carbons (Fsp3) is 0. The van der Waals surface area contributed by atoms with Crippen molar-refractivity contribution in [2.24, 2.45) is 0 Å². The standard InChI is InChI=1S/HO3S.V/c1-4(2)3;/h(H,1,2,3);/q-1;. The van der Waals surface area contributed by atoms with E-state index >= 15 is 0 Å². The van der Waals surface area contributed by atoms with Crippen LogP contribution in [0, 0.1) is 0 Å². The van der Waals surface area contributed by atoms with Gasteiger partial charge in [-0.3, -0.25) is 0 Å². The van der Waals surface area contributed by atoms with Crippen LogP contribution in [0.2, 0.25) is 0 Å². The molecule has 0 fully saturated rings. The molecule has 1 radical (unpaired) electrons. The SMILES string of the molecule is O=[S-](=O)O.[V]. The maximum Gasteiger partial charge on any atom is 0.0495 e. The summed E-state index contributed by atoms with van der Waals surface area (Å²) in [4.78, 5) is 0. The number of hydrogen-bond donors (Lipinski definition) is 1. The van der Waals surface area contributed by atoms with Gasteiger partial charge in [0.05, 0.1) is 0 Å². The second-order valence-electron chi connectivity index (χ2n) is 0.217. The minimum Gasteiger partial charge on any atom is -0.439 e. The Bertz CT molecular complexity index is 55.3. The van der Waals surface area contributed by atoms with E-state index in [1.807, 2.05) is 0 Å². The third-order valence-electron chi connectivity index (χ3n) is 0. The summed E-state index contributed by atoms with van der Waals surface area (Å²) in [6.07, 6.45) is 0. The van der Waals surface area contributed by atoms with Crippen LogP contribution in [0.4, 0.5) is 0 Å². The normalized spacial score (nSPS) is 6.80. The molecule has 0 rings (SSSR count). The second-order valence-corrected chi connectivity index (χ2v) is 0.651. The van der Waals surface area contributed by atoms with Gasteiger partial charge in [-0.25, -0.2) is 0 Å². The molecule has 0 spiro atoms. The molecular weight excluding hydrogens is 131 g/mol. The Kier molecular flexibility index (Phi) is 8.17. The Morgan fingerprint density at radius 2 is 1.40 bits per heavy atom. The molecule has 0 unspecified atom stereocenters. The van der Waals surface area contributed by atoms with Crippen molar-refractivity contribution in [2.75, 3.05) is 0 Å². The quantitative estimate of drug-likeness (QED) is 0.281. The molecular formula is HO3SV-. The van der Waals surface area contributed by atoms with Crippen molar-refractivity contribution in [2.45, 2.75) is 0 Å².